The van der Waals surface area contributed by atoms with Crippen molar-refractivity contribution >= 4 is 16.8 Å². The van der Waals surface area contributed by atoms with Crippen LogP contribution in [0.5, 0.6) is 11.5 Å². The number of benzene rings is 2. The maximum atomic E-state index is 12.7. The lowest BCUT2D eigenvalue weighted by atomic mass is 10.1. The third kappa shape index (κ3) is 4.32. The van der Waals surface area contributed by atoms with Crippen LogP contribution in [0.4, 0.5) is 0 Å². The molecular weight excluding hydrogens is 402 g/mol. The Labute approximate surface area is 189 Å². The van der Waals surface area contributed by atoms with Gasteiger partial charge in [-0.2, -0.15) is 0 Å². The molecule has 2 aliphatic heterocycles. The Bertz CT molecular complexity index is 1100. The van der Waals surface area contributed by atoms with Crippen molar-refractivity contribution in [3.8, 4) is 11.5 Å². The monoisotopic (exact) mass is 433 g/mol. The highest BCUT2D eigenvalue weighted by Crippen LogP contribution is 2.32. The van der Waals surface area contributed by atoms with Gasteiger partial charge in [-0.15, -0.1) is 0 Å². The number of rotatable bonds is 6. The fourth-order valence-electron chi connectivity index (χ4n) is 4.64. The average Bonchev–Trinajstić information content (AvgIpc) is 3.40. The van der Waals surface area contributed by atoms with Crippen LogP contribution in [0.3, 0.4) is 0 Å². The highest BCUT2D eigenvalue weighted by molar-refractivity contribution is 5.86. The lowest BCUT2D eigenvalue weighted by Gasteiger charge is -2.16. The quantitative estimate of drug-likeness (QED) is 0.631. The first-order valence-corrected chi connectivity index (χ1v) is 11.7. The van der Waals surface area contributed by atoms with Crippen LogP contribution in [-0.2, 0) is 17.9 Å². The first kappa shape index (κ1) is 20.9. The number of fused-ring (bicyclic) bond motifs is 2. The average molecular weight is 434 g/mol. The zero-order chi connectivity index (χ0) is 21.9. The number of ether oxygens (including phenoxy) is 2. The van der Waals surface area contributed by atoms with Crippen LogP contribution in [0.2, 0.25) is 0 Å². The lowest BCUT2D eigenvalue weighted by molar-refractivity contribution is -0.130. The van der Waals surface area contributed by atoms with Crippen molar-refractivity contribution in [3.05, 3.63) is 59.8 Å². The molecule has 1 amide bonds. The summed E-state index contributed by atoms with van der Waals surface area (Å²) in [5.74, 6) is 1.86. The molecule has 3 aromatic rings. The van der Waals surface area contributed by atoms with Gasteiger partial charge in [-0.3, -0.25) is 4.79 Å². The molecule has 1 saturated heterocycles. The van der Waals surface area contributed by atoms with Crippen molar-refractivity contribution in [3.63, 3.8) is 0 Å². The lowest BCUT2D eigenvalue weighted by Crippen LogP contribution is -2.30. The van der Waals surface area contributed by atoms with Gasteiger partial charge in [0.25, 0.3) is 0 Å². The molecule has 5 rings (SSSR count). The van der Waals surface area contributed by atoms with Gasteiger partial charge in [0, 0.05) is 49.2 Å². The number of hydrogen-bond donors (Lipinski definition) is 1. The van der Waals surface area contributed by atoms with Gasteiger partial charge in [-0.1, -0.05) is 24.3 Å². The Kier molecular flexibility index (Phi) is 6.04. The van der Waals surface area contributed by atoms with Gasteiger partial charge in [-0.05, 0) is 49.1 Å². The molecule has 32 heavy (non-hydrogen) atoms. The second-order valence-electron chi connectivity index (χ2n) is 8.75. The van der Waals surface area contributed by atoms with E-state index in [-0.39, 0.29) is 11.9 Å². The molecule has 6 heteroatoms. The molecule has 0 aliphatic carbocycles. The molecule has 168 valence electrons. The predicted molar refractivity (Wildman–Crippen MR) is 125 cm³/mol. The third-order valence-electron chi connectivity index (χ3n) is 6.51. The van der Waals surface area contributed by atoms with Crippen molar-refractivity contribution in [2.75, 3.05) is 26.3 Å². The Morgan fingerprint density at radius 3 is 2.66 bits per heavy atom. The zero-order valence-corrected chi connectivity index (χ0v) is 18.7. The van der Waals surface area contributed by atoms with Crippen LogP contribution < -0.4 is 14.8 Å². The summed E-state index contributed by atoms with van der Waals surface area (Å²) in [7, 11) is 0. The molecular formula is C26H31N3O3. The van der Waals surface area contributed by atoms with Gasteiger partial charge in [0.1, 0.15) is 6.54 Å². The summed E-state index contributed by atoms with van der Waals surface area (Å²) in [5.41, 5.74) is 3.48. The molecule has 0 spiro atoms. The third-order valence-corrected chi connectivity index (χ3v) is 6.51. The standard InChI is InChI=1S/C26H31N3O3/c1-19(20-9-10-24-25(15-20)32-14-6-13-31-24)27-16-21-17-29(23-8-3-2-7-22(21)23)18-26(30)28-11-4-5-12-28/h2-3,7-10,15,17,19,27H,4-6,11-14,16,18H2,1H3. The van der Waals surface area contributed by atoms with E-state index in [0.717, 1.165) is 55.9 Å². The Morgan fingerprint density at radius 1 is 1.03 bits per heavy atom. The minimum atomic E-state index is 0.153. The van der Waals surface area contributed by atoms with E-state index in [0.29, 0.717) is 19.8 Å². The molecule has 1 atom stereocenters. The first-order valence-electron chi connectivity index (χ1n) is 11.7. The largest absolute Gasteiger partial charge is 0.490 e. The van der Waals surface area contributed by atoms with E-state index in [1.807, 2.05) is 17.0 Å². The van der Waals surface area contributed by atoms with Crippen LogP contribution in [0.1, 0.15) is 43.4 Å². The molecule has 2 aromatic carbocycles. The Balaban J connectivity index is 1.31. The molecule has 0 saturated carbocycles. The second-order valence-corrected chi connectivity index (χ2v) is 8.75. The number of carbonyl (C=O) groups excluding carboxylic acids is 1. The van der Waals surface area contributed by atoms with Gasteiger partial charge in [0.05, 0.1) is 13.2 Å². The van der Waals surface area contributed by atoms with E-state index < -0.39 is 0 Å². The van der Waals surface area contributed by atoms with Crippen LogP contribution in [0.15, 0.2) is 48.7 Å². The number of hydrogen-bond acceptors (Lipinski definition) is 4. The maximum Gasteiger partial charge on any atom is 0.242 e. The first-order chi connectivity index (χ1) is 15.7. The second kappa shape index (κ2) is 9.25. The molecule has 1 aromatic heterocycles. The molecule has 1 N–H and O–H groups in total. The van der Waals surface area contributed by atoms with Crippen LogP contribution >= 0.6 is 0 Å². The smallest absolute Gasteiger partial charge is 0.242 e. The van der Waals surface area contributed by atoms with E-state index in [9.17, 15) is 4.79 Å². The van der Waals surface area contributed by atoms with Crippen molar-refractivity contribution in [1.29, 1.82) is 0 Å². The predicted octanol–water partition coefficient (Wildman–Crippen LogP) is 4.28. The number of amides is 1. The Morgan fingerprint density at radius 2 is 1.81 bits per heavy atom. The topological polar surface area (TPSA) is 55.7 Å². The van der Waals surface area contributed by atoms with Crippen molar-refractivity contribution in [1.82, 2.24) is 14.8 Å². The number of aromatic nitrogens is 1. The summed E-state index contributed by atoms with van der Waals surface area (Å²) in [4.78, 5) is 14.7. The molecule has 0 radical (unpaired) electrons. The van der Waals surface area contributed by atoms with E-state index in [2.05, 4.69) is 53.3 Å². The number of para-hydroxylation sites is 1. The number of nitrogens with one attached hydrogen (secondary N) is 1. The summed E-state index contributed by atoms with van der Waals surface area (Å²) in [6.07, 6.45) is 5.27. The van der Waals surface area contributed by atoms with Crippen LogP contribution in [0, 0.1) is 0 Å². The summed E-state index contributed by atoms with van der Waals surface area (Å²) < 4.78 is 13.7. The fourth-order valence-corrected chi connectivity index (χ4v) is 4.64. The fraction of sp³-hybridized carbons (Fsp3) is 0.423. The zero-order valence-electron chi connectivity index (χ0n) is 18.7. The normalized spacial score (nSPS) is 16.8. The molecule has 1 fully saturated rings. The summed E-state index contributed by atoms with van der Waals surface area (Å²) in [6, 6.07) is 14.7. The molecule has 0 bridgehead atoms. The highest BCUT2D eigenvalue weighted by atomic mass is 16.5. The minimum absolute atomic E-state index is 0.153. The molecule has 2 aliphatic rings. The van der Waals surface area contributed by atoms with E-state index in [1.54, 1.807) is 0 Å². The van der Waals surface area contributed by atoms with Crippen LogP contribution in [0.25, 0.3) is 10.9 Å². The van der Waals surface area contributed by atoms with E-state index in [4.69, 9.17) is 9.47 Å². The highest BCUT2D eigenvalue weighted by Gasteiger charge is 2.20. The van der Waals surface area contributed by atoms with Gasteiger partial charge in [0.2, 0.25) is 5.91 Å². The molecule has 6 nitrogen and oxygen atoms in total. The van der Waals surface area contributed by atoms with Gasteiger partial charge < -0.3 is 24.3 Å². The number of nitrogens with zero attached hydrogens (tertiary/aromatic N) is 2. The van der Waals surface area contributed by atoms with Gasteiger partial charge in [-0.25, -0.2) is 0 Å². The number of likely N-dealkylation sites (tertiary alicyclic amines) is 1. The van der Waals surface area contributed by atoms with Crippen molar-refractivity contribution in [2.24, 2.45) is 0 Å². The van der Waals surface area contributed by atoms with E-state index >= 15 is 0 Å². The molecule has 1 unspecified atom stereocenters. The Hall–Kier alpha value is -2.99. The summed E-state index contributed by atoms with van der Waals surface area (Å²) >= 11 is 0. The van der Waals surface area contributed by atoms with Crippen LogP contribution in [-0.4, -0.2) is 41.7 Å². The minimum Gasteiger partial charge on any atom is -0.490 e. The SMILES string of the molecule is CC(NCc1cn(CC(=O)N2CCCC2)c2ccccc12)c1ccc2c(c1)OCCCO2. The molecule has 3 heterocycles. The van der Waals surface area contributed by atoms with Gasteiger partial charge >= 0.3 is 0 Å². The van der Waals surface area contributed by atoms with Crippen molar-refractivity contribution < 1.29 is 14.3 Å². The maximum absolute atomic E-state index is 12.7. The summed E-state index contributed by atoms with van der Waals surface area (Å²) in [6.45, 7) is 6.45. The number of carbonyl (C=O) groups is 1. The van der Waals surface area contributed by atoms with Crippen molar-refractivity contribution in [2.45, 2.75) is 45.3 Å². The van der Waals surface area contributed by atoms with E-state index in [1.165, 1.54) is 16.5 Å². The van der Waals surface area contributed by atoms with Gasteiger partial charge in [0.15, 0.2) is 11.5 Å². The summed E-state index contributed by atoms with van der Waals surface area (Å²) in [5, 5.41) is 4.84.